The summed E-state index contributed by atoms with van der Waals surface area (Å²) in [4.78, 5) is 24.7. The molecule has 0 rings (SSSR count). The third kappa shape index (κ3) is 4.29. The van der Waals surface area contributed by atoms with Crippen molar-refractivity contribution in [3.05, 3.63) is 12.8 Å². The third-order valence-corrected chi connectivity index (χ3v) is 0.869. The van der Waals surface area contributed by atoms with Gasteiger partial charge in [0.1, 0.15) is 6.04 Å². The first kappa shape index (κ1) is 10.4. The minimum absolute atomic E-state index is 0.870. The molecule has 6 heteroatoms. The fourth-order valence-corrected chi connectivity index (χ4v) is 0.279. The summed E-state index contributed by atoms with van der Waals surface area (Å²) in [5, 5.41) is 8.31. The topological polar surface area (TPSA) is 84.9 Å². The van der Waals surface area contributed by atoms with Crippen molar-refractivity contribution in [2.45, 2.75) is 13.0 Å². The van der Waals surface area contributed by atoms with Crippen molar-refractivity contribution >= 4 is 12.1 Å². The van der Waals surface area contributed by atoms with Crippen molar-refractivity contribution in [1.82, 2.24) is 5.48 Å². The van der Waals surface area contributed by atoms with E-state index >= 15 is 0 Å². The SMILES string of the molecule is C=COC(=O)ON[C@@H](C)C(=O)O. The number of rotatable bonds is 4. The van der Waals surface area contributed by atoms with Crippen molar-refractivity contribution in [2.75, 3.05) is 0 Å². The Morgan fingerprint density at radius 2 is 2.25 bits per heavy atom. The van der Waals surface area contributed by atoms with Gasteiger partial charge < -0.3 is 14.7 Å². The summed E-state index contributed by atoms with van der Waals surface area (Å²) in [7, 11) is 0. The molecule has 0 amide bonds. The molecular weight excluding hydrogens is 166 g/mol. The van der Waals surface area contributed by atoms with Gasteiger partial charge in [0.15, 0.2) is 0 Å². The first-order valence-corrected chi connectivity index (χ1v) is 3.04. The van der Waals surface area contributed by atoms with Gasteiger partial charge in [0.25, 0.3) is 0 Å². The van der Waals surface area contributed by atoms with E-state index in [1.54, 1.807) is 0 Å². The Morgan fingerprint density at radius 1 is 1.67 bits per heavy atom. The van der Waals surface area contributed by atoms with Crippen molar-refractivity contribution in [3.8, 4) is 0 Å². The Labute approximate surface area is 68.7 Å². The van der Waals surface area contributed by atoms with Gasteiger partial charge in [0, 0.05) is 0 Å². The molecule has 0 radical (unpaired) electrons. The average Bonchev–Trinajstić information content (AvgIpc) is 2.00. The molecule has 0 aromatic carbocycles. The number of hydrogen-bond acceptors (Lipinski definition) is 5. The van der Waals surface area contributed by atoms with Gasteiger partial charge in [-0.2, -0.15) is 0 Å². The number of hydrogen-bond donors (Lipinski definition) is 2. The molecule has 0 saturated carbocycles. The Kier molecular flexibility index (Phi) is 4.47. The fourth-order valence-electron chi connectivity index (χ4n) is 0.279. The molecule has 0 spiro atoms. The van der Waals surface area contributed by atoms with Gasteiger partial charge in [0.2, 0.25) is 0 Å². The van der Waals surface area contributed by atoms with Crippen molar-refractivity contribution in [2.24, 2.45) is 0 Å². The van der Waals surface area contributed by atoms with Crippen LogP contribution in [0, 0.1) is 0 Å². The average molecular weight is 175 g/mol. The predicted octanol–water partition coefficient (Wildman–Crippen LogP) is 0.261. The molecule has 0 aliphatic rings. The summed E-state index contributed by atoms with van der Waals surface area (Å²) in [6, 6.07) is -0.984. The second kappa shape index (κ2) is 5.14. The molecule has 12 heavy (non-hydrogen) atoms. The summed E-state index contributed by atoms with van der Waals surface area (Å²) in [5.41, 5.74) is 1.94. The van der Waals surface area contributed by atoms with E-state index in [0.29, 0.717) is 0 Å². The molecule has 68 valence electrons. The molecule has 0 aliphatic heterocycles. The summed E-state index contributed by atoms with van der Waals surface area (Å²) >= 11 is 0. The van der Waals surface area contributed by atoms with Crippen LogP contribution in [0.15, 0.2) is 12.8 Å². The second-order valence-corrected chi connectivity index (χ2v) is 1.81. The van der Waals surface area contributed by atoms with Gasteiger partial charge in [-0.15, -0.1) is 5.48 Å². The van der Waals surface area contributed by atoms with Crippen LogP contribution < -0.4 is 5.48 Å². The minimum atomic E-state index is -1.14. The van der Waals surface area contributed by atoms with E-state index in [1.165, 1.54) is 6.92 Å². The number of nitrogens with one attached hydrogen (secondary N) is 1. The first-order chi connectivity index (χ1) is 5.57. The molecule has 6 nitrogen and oxygen atoms in total. The quantitative estimate of drug-likeness (QED) is 0.362. The summed E-state index contributed by atoms with van der Waals surface area (Å²) in [6.07, 6.45) is -0.187. The van der Waals surface area contributed by atoms with E-state index in [0.717, 1.165) is 6.26 Å². The number of carbonyl (C=O) groups excluding carboxylic acids is 1. The van der Waals surface area contributed by atoms with Gasteiger partial charge in [-0.1, -0.05) is 6.58 Å². The molecule has 0 heterocycles. The zero-order valence-electron chi connectivity index (χ0n) is 6.44. The highest BCUT2D eigenvalue weighted by atomic mass is 16.8. The van der Waals surface area contributed by atoms with Crippen molar-refractivity contribution in [3.63, 3.8) is 0 Å². The molecule has 0 aromatic rings. The molecule has 0 bridgehead atoms. The highest BCUT2D eigenvalue weighted by molar-refractivity contribution is 5.73. The Hall–Kier alpha value is -1.56. The maximum absolute atomic E-state index is 10.4. The Balaban J connectivity index is 3.60. The normalized spacial score (nSPS) is 11.4. The number of carboxylic acids is 1. The second-order valence-electron chi connectivity index (χ2n) is 1.81. The van der Waals surface area contributed by atoms with Crippen LogP contribution in [0.5, 0.6) is 0 Å². The lowest BCUT2D eigenvalue weighted by Crippen LogP contribution is -2.35. The largest absolute Gasteiger partial charge is 0.532 e. The lowest BCUT2D eigenvalue weighted by Gasteiger charge is -2.06. The van der Waals surface area contributed by atoms with Crippen LogP contribution in [-0.2, 0) is 14.4 Å². The van der Waals surface area contributed by atoms with Crippen LogP contribution in [0.4, 0.5) is 4.79 Å². The number of ether oxygens (including phenoxy) is 1. The highest BCUT2D eigenvalue weighted by Gasteiger charge is 2.12. The molecule has 0 aliphatic carbocycles. The first-order valence-electron chi connectivity index (χ1n) is 3.04. The van der Waals surface area contributed by atoms with E-state index in [2.05, 4.69) is 16.2 Å². The standard InChI is InChI=1S/C6H9NO5/c1-3-11-6(10)12-7-4(2)5(8)9/h3-4,7H,1H2,2H3,(H,8,9)/t4-/m0/s1. The van der Waals surface area contributed by atoms with Gasteiger partial charge in [-0.05, 0) is 6.92 Å². The maximum atomic E-state index is 10.4. The van der Waals surface area contributed by atoms with E-state index in [-0.39, 0.29) is 0 Å². The lowest BCUT2D eigenvalue weighted by atomic mass is 10.4. The molecule has 0 unspecified atom stereocenters. The smallest absolute Gasteiger partial charge is 0.480 e. The Bertz CT molecular complexity index is 190. The van der Waals surface area contributed by atoms with E-state index in [1.807, 2.05) is 5.48 Å². The van der Waals surface area contributed by atoms with E-state index in [4.69, 9.17) is 5.11 Å². The summed E-state index contributed by atoms with van der Waals surface area (Å²) in [6.45, 7) is 4.40. The molecule has 2 N–H and O–H groups in total. The highest BCUT2D eigenvalue weighted by Crippen LogP contribution is 1.85. The van der Waals surface area contributed by atoms with Crippen LogP contribution in [-0.4, -0.2) is 23.3 Å². The number of aliphatic carboxylic acids is 1. The Morgan fingerprint density at radius 3 is 2.67 bits per heavy atom. The molecular formula is C6H9NO5. The maximum Gasteiger partial charge on any atom is 0.532 e. The number of carboxylic acid groups (broad SMARTS) is 1. The van der Waals surface area contributed by atoms with Gasteiger partial charge in [-0.3, -0.25) is 4.79 Å². The van der Waals surface area contributed by atoms with Crippen LogP contribution >= 0.6 is 0 Å². The van der Waals surface area contributed by atoms with Gasteiger partial charge in [0.05, 0.1) is 6.26 Å². The molecule has 0 saturated heterocycles. The van der Waals surface area contributed by atoms with Gasteiger partial charge >= 0.3 is 12.1 Å². The van der Waals surface area contributed by atoms with Crippen molar-refractivity contribution in [1.29, 1.82) is 0 Å². The minimum Gasteiger partial charge on any atom is -0.480 e. The van der Waals surface area contributed by atoms with Crippen LogP contribution in [0.2, 0.25) is 0 Å². The predicted molar refractivity (Wildman–Crippen MR) is 38.0 cm³/mol. The summed E-state index contributed by atoms with van der Waals surface area (Å²) in [5.74, 6) is -1.14. The molecule has 1 atom stereocenters. The summed E-state index contributed by atoms with van der Waals surface area (Å²) < 4.78 is 4.12. The number of hydroxylamine groups is 1. The van der Waals surface area contributed by atoms with Crippen LogP contribution in [0.3, 0.4) is 0 Å². The van der Waals surface area contributed by atoms with Crippen LogP contribution in [0.25, 0.3) is 0 Å². The van der Waals surface area contributed by atoms with Crippen LogP contribution in [0.1, 0.15) is 6.92 Å². The molecule has 0 aromatic heterocycles. The van der Waals surface area contributed by atoms with Gasteiger partial charge in [-0.25, -0.2) is 4.79 Å². The van der Waals surface area contributed by atoms with E-state index < -0.39 is 18.2 Å². The zero-order valence-corrected chi connectivity index (χ0v) is 6.44. The molecule has 0 fully saturated rings. The third-order valence-electron chi connectivity index (χ3n) is 0.869. The van der Waals surface area contributed by atoms with E-state index in [9.17, 15) is 9.59 Å². The fraction of sp³-hybridized carbons (Fsp3) is 0.333. The zero-order chi connectivity index (χ0) is 9.56. The monoisotopic (exact) mass is 175 g/mol. The lowest BCUT2D eigenvalue weighted by molar-refractivity contribution is -0.142. The van der Waals surface area contributed by atoms with Crippen molar-refractivity contribution < 1.29 is 24.3 Å². The number of carbonyl (C=O) groups is 2.